The number of nitrogens with zero attached hydrogens (tertiary/aromatic N) is 5. The SMILES string of the molecule is CCOC(=O)N1C(CC)CC(c2ccnc3c(-c4cccc(F)c4F)c(-c4ccncc4)nn23)C1C. The second kappa shape index (κ2) is 9.64. The Balaban J connectivity index is 1.71. The number of hydrogen-bond donors (Lipinski definition) is 0. The molecule has 7 nitrogen and oxygen atoms in total. The van der Waals surface area contributed by atoms with E-state index in [-0.39, 0.29) is 29.7 Å². The fourth-order valence-corrected chi connectivity index (χ4v) is 5.28. The third-order valence-corrected chi connectivity index (χ3v) is 6.99. The van der Waals surface area contributed by atoms with E-state index in [2.05, 4.69) is 16.9 Å². The van der Waals surface area contributed by atoms with Crippen LogP contribution in [-0.2, 0) is 4.74 Å². The van der Waals surface area contributed by atoms with Crippen LogP contribution < -0.4 is 0 Å². The molecular formula is C27H27F2N5O2. The standard InChI is InChI=1S/C27H27F2N5O2/c1-4-18-15-20(16(3)33(18)27(35)36-5-2)22-11-14-31-26-23(19-7-6-8-21(28)24(19)29)25(32-34(22)26)17-9-12-30-13-10-17/h6-14,16,18,20H,4-5,15H2,1-3H3. The molecular weight excluding hydrogens is 464 g/mol. The molecule has 4 heterocycles. The van der Waals surface area contributed by atoms with Crippen molar-refractivity contribution in [2.24, 2.45) is 0 Å². The molecule has 36 heavy (non-hydrogen) atoms. The van der Waals surface area contributed by atoms with Gasteiger partial charge in [-0.15, -0.1) is 0 Å². The van der Waals surface area contributed by atoms with Crippen molar-refractivity contribution in [1.29, 1.82) is 0 Å². The zero-order valence-electron chi connectivity index (χ0n) is 20.4. The molecule has 1 amide bonds. The molecule has 3 aromatic heterocycles. The molecule has 0 saturated carbocycles. The van der Waals surface area contributed by atoms with Gasteiger partial charge in [-0.25, -0.2) is 23.1 Å². The van der Waals surface area contributed by atoms with Crippen molar-refractivity contribution in [3.8, 4) is 22.4 Å². The zero-order chi connectivity index (χ0) is 25.4. The van der Waals surface area contributed by atoms with E-state index in [1.54, 1.807) is 47.1 Å². The quantitative estimate of drug-likeness (QED) is 0.350. The molecule has 0 spiro atoms. The van der Waals surface area contributed by atoms with Crippen LogP contribution in [0, 0.1) is 11.6 Å². The molecule has 1 aromatic carbocycles. The van der Waals surface area contributed by atoms with Gasteiger partial charge in [-0.1, -0.05) is 19.1 Å². The largest absolute Gasteiger partial charge is 0.450 e. The van der Waals surface area contributed by atoms with Crippen LogP contribution >= 0.6 is 0 Å². The molecule has 186 valence electrons. The van der Waals surface area contributed by atoms with Crippen LogP contribution in [0.15, 0.2) is 55.0 Å². The Bertz CT molecular complexity index is 1410. The summed E-state index contributed by atoms with van der Waals surface area (Å²) in [6, 6.07) is 9.38. The molecule has 0 N–H and O–H groups in total. The van der Waals surface area contributed by atoms with Crippen LogP contribution in [0.2, 0.25) is 0 Å². The van der Waals surface area contributed by atoms with Gasteiger partial charge in [0.2, 0.25) is 0 Å². The van der Waals surface area contributed by atoms with Crippen LogP contribution in [0.5, 0.6) is 0 Å². The summed E-state index contributed by atoms with van der Waals surface area (Å²) in [6.45, 7) is 6.15. The molecule has 1 aliphatic rings. The van der Waals surface area contributed by atoms with Crippen molar-refractivity contribution < 1.29 is 18.3 Å². The molecule has 5 rings (SSSR count). The summed E-state index contributed by atoms with van der Waals surface area (Å²) in [6.07, 6.45) is 6.09. The van der Waals surface area contributed by atoms with E-state index in [1.165, 1.54) is 12.1 Å². The number of hydrogen-bond acceptors (Lipinski definition) is 5. The first-order valence-corrected chi connectivity index (χ1v) is 12.1. The average molecular weight is 492 g/mol. The first kappa shape index (κ1) is 23.8. The summed E-state index contributed by atoms with van der Waals surface area (Å²) < 4.78 is 36.4. The van der Waals surface area contributed by atoms with Crippen LogP contribution in [0.4, 0.5) is 13.6 Å². The number of amides is 1. The minimum absolute atomic E-state index is 0.0163. The smallest absolute Gasteiger partial charge is 0.410 e. The molecule has 3 atom stereocenters. The van der Waals surface area contributed by atoms with Gasteiger partial charge in [0.15, 0.2) is 17.3 Å². The van der Waals surface area contributed by atoms with Gasteiger partial charge in [0, 0.05) is 47.7 Å². The lowest BCUT2D eigenvalue weighted by Crippen LogP contribution is -2.41. The number of halogens is 2. The van der Waals surface area contributed by atoms with E-state index in [4.69, 9.17) is 9.84 Å². The maximum absolute atomic E-state index is 15.1. The van der Waals surface area contributed by atoms with Crippen LogP contribution in [0.25, 0.3) is 28.0 Å². The number of carbonyl (C=O) groups excluding carboxylic acids is 1. The van der Waals surface area contributed by atoms with Gasteiger partial charge in [0.05, 0.1) is 17.9 Å². The zero-order valence-corrected chi connectivity index (χ0v) is 20.4. The number of benzene rings is 1. The highest BCUT2D eigenvalue weighted by Crippen LogP contribution is 2.41. The molecule has 9 heteroatoms. The van der Waals surface area contributed by atoms with Gasteiger partial charge in [0.1, 0.15) is 5.69 Å². The van der Waals surface area contributed by atoms with Gasteiger partial charge >= 0.3 is 6.09 Å². The minimum atomic E-state index is -0.955. The fraction of sp³-hybridized carbons (Fsp3) is 0.333. The van der Waals surface area contributed by atoms with Crippen LogP contribution in [-0.4, -0.2) is 49.3 Å². The fourth-order valence-electron chi connectivity index (χ4n) is 5.28. The lowest BCUT2D eigenvalue weighted by molar-refractivity contribution is 0.0888. The summed E-state index contributed by atoms with van der Waals surface area (Å²) >= 11 is 0. The highest BCUT2D eigenvalue weighted by molar-refractivity contribution is 5.90. The van der Waals surface area contributed by atoms with E-state index in [1.807, 2.05) is 13.0 Å². The Kier molecular flexibility index (Phi) is 6.38. The molecule has 1 fully saturated rings. The number of carbonyl (C=O) groups is 1. The molecule has 3 unspecified atom stereocenters. The van der Waals surface area contributed by atoms with E-state index < -0.39 is 11.6 Å². The second-order valence-corrected chi connectivity index (χ2v) is 8.92. The summed E-state index contributed by atoms with van der Waals surface area (Å²) in [5.41, 5.74) is 2.93. The Hall–Kier alpha value is -3.88. The van der Waals surface area contributed by atoms with Crippen molar-refractivity contribution in [3.05, 3.63) is 72.3 Å². The topological polar surface area (TPSA) is 72.6 Å². The third-order valence-electron chi connectivity index (χ3n) is 6.99. The van der Waals surface area contributed by atoms with Crippen molar-refractivity contribution >= 4 is 11.7 Å². The molecule has 0 radical (unpaired) electrons. The van der Waals surface area contributed by atoms with Crippen LogP contribution in [0.1, 0.15) is 45.2 Å². The maximum atomic E-state index is 15.1. The van der Waals surface area contributed by atoms with E-state index in [9.17, 15) is 9.18 Å². The number of rotatable bonds is 5. The number of fused-ring (bicyclic) bond motifs is 1. The Labute approximate surface area is 207 Å². The van der Waals surface area contributed by atoms with Crippen molar-refractivity contribution in [2.75, 3.05) is 6.61 Å². The van der Waals surface area contributed by atoms with Crippen LogP contribution in [0.3, 0.4) is 0 Å². The minimum Gasteiger partial charge on any atom is -0.450 e. The predicted octanol–water partition coefficient (Wildman–Crippen LogP) is 5.85. The van der Waals surface area contributed by atoms with Crippen molar-refractivity contribution in [1.82, 2.24) is 24.5 Å². The normalized spacial score (nSPS) is 19.7. The van der Waals surface area contributed by atoms with Crippen molar-refractivity contribution in [3.63, 3.8) is 0 Å². The first-order valence-electron chi connectivity index (χ1n) is 12.1. The highest BCUT2D eigenvalue weighted by atomic mass is 19.2. The number of likely N-dealkylation sites (tertiary alicyclic amines) is 1. The average Bonchev–Trinajstić information content (AvgIpc) is 3.44. The Morgan fingerprint density at radius 2 is 1.89 bits per heavy atom. The summed E-state index contributed by atoms with van der Waals surface area (Å²) in [5.74, 6) is -1.95. The van der Waals surface area contributed by atoms with E-state index >= 15 is 4.39 Å². The number of pyridine rings is 1. The van der Waals surface area contributed by atoms with E-state index in [0.717, 1.165) is 24.6 Å². The third kappa shape index (κ3) is 3.88. The Morgan fingerprint density at radius 3 is 2.61 bits per heavy atom. The summed E-state index contributed by atoms with van der Waals surface area (Å²) in [5, 5.41) is 4.87. The lowest BCUT2D eigenvalue weighted by Gasteiger charge is -2.28. The van der Waals surface area contributed by atoms with E-state index in [0.29, 0.717) is 29.1 Å². The summed E-state index contributed by atoms with van der Waals surface area (Å²) in [4.78, 5) is 23.2. The van der Waals surface area contributed by atoms with Gasteiger partial charge in [-0.05, 0) is 51.0 Å². The van der Waals surface area contributed by atoms with Gasteiger partial charge in [-0.3, -0.25) is 4.98 Å². The molecule has 1 saturated heterocycles. The molecule has 0 aliphatic carbocycles. The first-order chi connectivity index (χ1) is 17.5. The van der Waals surface area contributed by atoms with Crippen molar-refractivity contribution in [2.45, 2.75) is 51.6 Å². The number of ether oxygens (including phenoxy) is 1. The predicted molar refractivity (Wildman–Crippen MR) is 131 cm³/mol. The van der Waals surface area contributed by atoms with Gasteiger partial charge < -0.3 is 9.64 Å². The Morgan fingerprint density at radius 1 is 1.11 bits per heavy atom. The van der Waals surface area contributed by atoms with Gasteiger partial charge in [0.25, 0.3) is 0 Å². The molecule has 1 aliphatic heterocycles. The monoisotopic (exact) mass is 491 g/mol. The number of aromatic nitrogens is 4. The highest BCUT2D eigenvalue weighted by Gasteiger charge is 2.43. The lowest BCUT2D eigenvalue weighted by atomic mass is 9.95. The maximum Gasteiger partial charge on any atom is 0.410 e. The molecule has 4 aromatic rings. The second-order valence-electron chi connectivity index (χ2n) is 8.92. The van der Waals surface area contributed by atoms with Gasteiger partial charge in [-0.2, -0.15) is 5.10 Å². The molecule has 0 bridgehead atoms. The summed E-state index contributed by atoms with van der Waals surface area (Å²) in [7, 11) is 0.